The van der Waals surface area contributed by atoms with Crippen molar-refractivity contribution in [3.63, 3.8) is 0 Å². The number of sulfonamides is 1. The number of rotatable bonds is 6. The van der Waals surface area contributed by atoms with Gasteiger partial charge in [-0.2, -0.15) is 0 Å². The van der Waals surface area contributed by atoms with Gasteiger partial charge in [-0.15, -0.1) is 24.5 Å². The molecule has 0 atom stereocenters. The number of halogens is 3. The molecule has 7 nitrogen and oxygen atoms in total. The van der Waals surface area contributed by atoms with Crippen molar-refractivity contribution in [3.8, 4) is 5.75 Å². The SMILES string of the molecule is O=C(NCc1ccc(OC(F)(F)F)cc1)N1CCC(NS(=O)(=O)c2cccs2)CC1. The van der Waals surface area contributed by atoms with Crippen molar-refractivity contribution < 1.29 is 31.1 Å². The second-order valence-corrected chi connectivity index (χ2v) is 9.55. The summed E-state index contributed by atoms with van der Waals surface area (Å²) in [5, 5.41) is 4.40. The Hall–Kier alpha value is -2.31. The van der Waals surface area contributed by atoms with Gasteiger partial charge in [-0.25, -0.2) is 17.9 Å². The van der Waals surface area contributed by atoms with Crippen molar-refractivity contribution in [1.82, 2.24) is 14.9 Å². The average molecular weight is 464 g/mol. The van der Waals surface area contributed by atoms with Crippen LogP contribution in [0.4, 0.5) is 18.0 Å². The Balaban J connectivity index is 1.43. The lowest BCUT2D eigenvalue weighted by atomic mass is 10.1. The molecule has 0 saturated carbocycles. The molecule has 1 aromatic carbocycles. The summed E-state index contributed by atoms with van der Waals surface area (Å²) in [4.78, 5) is 13.9. The van der Waals surface area contributed by atoms with E-state index in [4.69, 9.17) is 0 Å². The molecule has 2 heterocycles. The van der Waals surface area contributed by atoms with E-state index in [0.717, 1.165) is 11.3 Å². The third-order valence-corrected chi connectivity index (χ3v) is 7.38. The van der Waals surface area contributed by atoms with Crippen LogP contribution in [0.15, 0.2) is 46.0 Å². The van der Waals surface area contributed by atoms with Crippen molar-refractivity contribution in [1.29, 1.82) is 0 Å². The number of benzene rings is 1. The van der Waals surface area contributed by atoms with E-state index in [1.165, 1.54) is 30.3 Å². The second kappa shape index (κ2) is 9.23. The molecule has 0 radical (unpaired) electrons. The molecule has 164 valence electrons. The number of likely N-dealkylation sites (tertiary alicyclic amines) is 1. The zero-order chi connectivity index (χ0) is 21.8. The number of carbonyl (C=O) groups excluding carboxylic acids is 1. The highest BCUT2D eigenvalue weighted by atomic mass is 32.2. The van der Waals surface area contributed by atoms with E-state index in [9.17, 15) is 26.4 Å². The average Bonchev–Trinajstić information content (AvgIpc) is 3.22. The van der Waals surface area contributed by atoms with Crippen molar-refractivity contribution in [2.45, 2.75) is 36.0 Å². The third-order valence-electron chi connectivity index (χ3n) is 4.46. The summed E-state index contributed by atoms with van der Waals surface area (Å²) in [7, 11) is -3.55. The second-order valence-electron chi connectivity index (χ2n) is 6.67. The molecule has 1 aliphatic heterocycles. The van der Waals surface area contributed by atoms with Gasteiger partial charge in [0.25, 0.3) is 0 Å². The number of nitrogens with one attached hydrogen (secondary N) is 2. The van der Waals surface area contributed by atoms with Gasteiger partial charge in [0.15, 0.2) is 0 Å². The number of ether oxygens (including phenoxy) is 1. The predicted molar refractivity (Wildman–Crippen MR) is 105 cm³/mol. The van der Waals surface area contributed by atoms with Crippen LogP contribution in [-0.4, -0.2) is 44.8 Å². The fraction of sp³-hybridized carbons (Fsp3) is 0.389. The van der Waals surface area contributed by atoms with Gasteiger partial charge in [-0.05, 0) is 42.0 Å². The smallest absolute Gasteiger partial charge is 0.406 e. The molecule has 1 aromatic heterocycles. The van der Waals surface area contributed by atoms with E-state index in [0.29, 0.717) is 31.5 Å². The number of thiophene rings is 1. The molecular formula is C18H20F3N3O4S2. The van der Waals surface area contributed by atoms with Crippen LogP contribution in [0.5, 0.6) is 5.75 Å². The number of hydrogen-bond donors (Lipinski definition) is 2. The normalized spacial score (nSPS) is 15.8. The first-order chi connectivity index (χ1) is 14.1. The number of urea groups is 1. The van der Waals surface area contributed by atoms with Gasteiger partial charge in [-0.1, -0.05) is 18.2 Å². The molecule has 0 bridgehead atoms. The summed E-state index contributed by atoms with van der Waals surface area (Å²) < 4.78 is 67.8. The zero-order valence-electron chi connectivity index (χ0n) is 15.7. The number of piperidine rings is 1. The molecular weight excluding hydrogens is 443 g/mol. The summed E-state index contributed by atoms with van der Waals surface area (Å²) in [5.74, 6) is -0.329. The number of carbonyl (C=O) groups is 1. The summed E-state index contributed by atoms with van der Waals surface area (Å²) in [5.41, 5.74) is 0.622. The maximum Gasteiger partial charge on any atom is 0.573 e. The Morgan fingerprint density at radius 2 is 1.83 bits per heavy atom. The highest BCUT2D eigenvalue weighted by Crippen LogP contribution is 2.23. The third kappa shape index (κ3) is 6.34. The number of alkyl halides is 3. The van der Waals surface area contributed by atoms with Gasteiger partial charge in [0.2, 0.25) is 10.0 Å². The van der Waals surface area contributed by atoms with E-state index in [2.05, 4.69) is 14.8 Å². The van der Waals surface area contributed by atoms with Gasteiger partial charge in [0.1, 0.15) is 9.96 Å². The number of amides is 2. The van der Waals surface area contributed by atoms with Gasteiger partial charge in [-0.3, -0.25) is 0 Å². The summed E-state index contributed by atoms with van der Waals surface area (Å²) in [6, 6.07) is 7.88. The van der Waals surface area contributed by atoms with E-state index >= 15 is 0 Å². The first-order valence-corrected chi connectivity index (χ1v) is 11.4. The molecule has 2 amide bonds. The Kier molecular flexibility index (Phi) is 6.88. The highest BCUT2D eigenvalue weighted by molar-refractivity contribution is 7.91. The maximum absolute atomic E-state index is 12.3. The molecule has 1 aliphatic rings. The monoisotopic (exact) mass is 463 g/mol. The van der Waals surface area contributed by atoms with Gasteiger partial charge < -0.3 is 15.0 Å². The molecule has 0 aliphatic carbocycles. The van der Waals surface area contributed by atoms with Crippen LogP contribution in [0.1, 0.15) is 18.4 Å². The highest BCUT2D eigenvalue weighted by Gasteiger charge is 2.31. The molecule has 2 aromatic rings. The standard InChI is InChI=1S/C18H20F3N3O4S2/c19-18(20,21)28-15-5-3-13(4-6-15)12-22-17(25)24-9-7-14(8-10-24)23-30(26,27)16-2-1-11-29-16/h1-6,11,14,23H,7-10,12H2,(H,22,25). The summed E-state index contributed by atoms with van der Waals surface area (Å²) in [6.07, 6.45) is -3.77. The number of hydrogen-bond acceptors (Lipinski definition) is 5. The fourth-order valence-corrected chi connectivity index (χ4v) is 5.31. The van der Waals surface area contributed by atoms with Crippen LogP contribution in [-0.2, 0) is 16.6 Å². The van der Waals surface area contributed by atoms with Crippen molar-refractivity contribution >= 4 is 27.4 Å². The molecule has 1 saturated heterocycles. The summed E-state index contributed by atoms with van der Waals surface area (Å²) >= 11 is 1.14. The van der Waals surface area contributed by atoms with Gasteiger partial charge >= 0.3 is 12.4 Å². The Labute approximate surface area is 175 Å². The largest absolute Gasteiger partial charge is 0.573 e. The van der Waals surface area contributed by atoms with Crippen LogP contribution in [0.25, 0.3) is 0 Å². The summed E-state index contributed by atoms with van der Waals surface area (Å²) in [6.45, 7) is 0.930. The van der Waals surface area contributed by atoms with Crippen LogP contribution >= 0.6 is 11.3 Å². The van der Waals surface area contributed by atoms with Crippen LogP contribution in [0, 0.1) is 0 Å². The molecule has 30 heavy (non-hydrogen) atoms. The van der Waals surface area contributed by atoms with Gasteiger partial charge in [0.05, 0.1) is 0 Å². The van der Waals surface area contributed by atoms with E-state index in [1.54, 1.807) is 16.3 Å². The van der Waals surface area contributed by atoms with Crippen LogP contribution < -0.4 is 14.8 Å². The van der Waals surface area contributed by atoms with E-state index in [1.807, 2.05) is 0 Å². The Morgan fingerprint density at radius 1 is 1.17 bits per heavy atom. The lowest BCUT2D eigenvalue weighted by Gasteiger charge is -2.32. The number of nitrogens with zero attached hydrogens (tertiary/aromatic N) is 1. The van der Waals surface area contributed by atoms with Crippen LogP contribution in [0.2, 0.25) is 0 Å². The van der Waals surface area contributed by atoms with Crippen molar-refractivity contribution in [2.75, 3.05) is 13.1 Å². The van der Waals surface area contributed by atoms with Crippen molar-refractivity contribution in [2.24, 2.45) is 0 Å². The van der Waals surface area contributed by atoms with E-state index < -0.39 is 16.4 Å². The zero-order valence-corrected chi connectivity index (χ0v) is 17.3. The minimum Gasteiger partial charge on any atom is -0.406 e. The van der Waals surface area contributed by atoms with E-state index in [-0.39, 0.29) is 28.6 Å². The quantitative estimate of drug-likeness (QED) is 0.688. The Morgan fingerprint density at radius 3 is 2.40 bits per heavy atom. The Bertz CT molecular complexity index is 940. The molecule has 0 unspecified atom stereocenters. The van der Waals surface area contributed by atoms with Crippen molar-refractivity contribution in [3.05, 3.63) is 47.3 Å². The lowest BCUT2D eigenvalue weighted by molar-refractivity contribution is -0.274. The molecule has 0 spiro atoms. The molecule has 3 rings (SSSR count). The first-order valence-electron chi connectivity index (χ1n) is 9.06. The maximum atomic E-state index is 12.3. The minimum atomic E-state index is -4.75. The molecule has 2 N–H and O–H groups in total. The van der Waals surface area contributed by atoms with Gasteiger partial charge in [0, 0.05) is 25.7 Å². The fourth-order valence-electron chi connectivity index (χ4n) is 2.99. The predicted octanol–water partition coefficient (Wildman–Crippen LogP) is 3.30. The van der Waals surface area contributed by atoms with Crippen LogP contribution in [0.3, 0.4) is 0 Å². The topological polar surface area (TPSA) is 87.7 Å². The first kappa shape index (κ1) is 22.4. The molecule has 1 fully saturated rings. The lowest BCUT2D eigenvalue weighted by Crippen LogP contribution is -2.49. The molecule has 12 heteroatoms. The minimum absolute atomic E-state index is 0.149.